The summed E-state index contributed by atoms with van der Waals surface area (Å²) >= 11 is 0. The molecule has 1 aliphatic rings. The number of carbonyl (C=O) groups is 2. The minimum atomic E-state index is -1.26. The molecule has 8 nitrogen and oxygen atoms in total. The van der Waals surface area contributed by atoms with E-state index in [1.807, 2.05) is 18.3 Å². The number of pyridine rings is 1. The Morgan fingerprint density at radius 2 is 1.58 bits per heavy atom. The second-order valence-corrected chi connectivity index (χ2v) is 8.46. The van der Waals surface area contributed by atoms with Crippen LogP contribution in [0.1, 0.15) is 23.1 Å². The summed E-state index contributed by atoms with van der Waals surface area (Å²) in [7, 11) is 4.23. The van der Waals surface area contributed by atoms with Gasteiger partial charge in [-0.05, 0) is 51.7 Å². The van der Waals surface area contributed by atoms with Gasteiger partial charge in [-0.3, -0.25) is 0 Å². The summed E-state index contributed by atoms with van der Waals surface area (Å²) < 4.78 is 0. The van der Waals surface area contributed by atoms with E-state index in [9.17, 15) is 9.59 Å². The lowest BCUT2D eigenvalue weighted by molar-refractivity contribution is -0.134. The van der Waals surface area contributed by atoms with Gasteiger partial charge < -0.3 is 20.0 Å². The van der Waals surface area contributed by atoms with Gasteiger partial charge in [0.2, 0.25) is 0 Å². The summed E-state index contributed by atoms with van der Waals surface area (Å²) in [5.74, 6) is -1.57. The number of fused-ring (bicyclic) bond motifs is 2. The third-order valence-corrected chi connectivity index (χ3v) is 5.44. The van der Waals surface area contributed by atoms with Crippen molar-refractivity contribution >= 4 is 34.8 Å². The molecule has 3 aromatic rings. The second kappa shape index (κ2) is 12.4. The highest BCUT2D eigenvalue weighted by molar-refractivity contribution is 6.18. The molecule has 2 N–H and O–H groups in total. The molecule has 36 heavy (non-hydrogen) atoms. The summed E-state index contributed by atoms with van der Waals surface area (Å²) in [6, 6.07) is 21.0. The summed E-state index contributed by atoms with van der Waals surface area (Å²) in [6.45, 7) is 4.04. The summed E-state index contributed by atoms with van der Waals surface area (Å²) in [5, 5.41) is 15.6. The Labute approximate surface area is 210 Å². The predicted molar refractivity (Wildman–Crippen MR) is 142 cm³/mol. The lowest BCUT2D eigenvalue weighted by atomic mass is 10.00. The zero-order valence-electron chi connectivity index (χ0n) is 20.6. The van der Waals surface area contributed by atoms with Gasteiger partial charge >= 0.3 is 11.9 Å². The molecular weight excluding hydrogens is 456 g/mol. The molecule has 0 radical (unpaired) electrons. The zero-order valence-corrected chi connectivity index (χ0v) is 20.6. The Balaban J connectivity index is 0.000000392. The smallest absolute Gasteiger partial charge is 0.328 e. The van der Waals surface area contributed by atoms with Gasteiger partial charge in [0.15, 0.2) is 5.82 Å². The summed E-state index contributed by atoms with van der Waals surface area (Å²) in [6.07, 6.45) is 4.06. The average molecular weight is 487 g/mol. The molecule has 1 aromatic heterocycles. The minimum absolute atomic E-state index is 0.558. The van der Waals surface area contributed by atoms with Crippen molar-refractivity contribution in [3.8, 4) is 0 Å². The van der Waals surface area contributed by atoms with Crippen molar-refractivity contribution in [2.45, 2.75) is 13.3 Å². The van der Waals surface area contributed by atoms with Crippen LogP contribution in [0.25, 0.3) is 0 Å². The van der Waals surface area contributed by atoms with E-state index < -0.39 is 11.9 Å². The fourth-order valence-corrected chi connectivity index (χ4v) is 3.80. The average Bonchev–Trinajstić information content (AvgIpc) is 2.99. The van der Waals surface area contributed by atoms with Gasteiger partial charge in [0.05, 0.1) is 11.4 Å². The third-order valence-electron chi connectivity index (χ3n) is 5.44. The van der Waals surface area contributed by atoms with Gasteiger partial charge in [-0.2, -0.15) is 0 Å². The Kier molecular flexibility index (Phi) is 9.07. The Hall–Kier alpha value is -4.30. The first-order chi connectivity index (χ1) is 17.3. The SMILES string of the molecule is Cc1ccnc2c1N=C(c1ccccc1)c1ccccc1N2CCCN(C)C.O=C(O)/C=C/C(=O)O. The van der Waals surface area contributed by atoms with Crippen molar-refractivity contribution < 1.29 is 19.8 Å². The molecule has 4 rings (SSSR count). The van der Waals surface area contributed by atoms with Crippen LogP contribution in [0.4, 0.5) is 17.2 Å². The number of rotatable bonds is 7. The molecule has 0 saturated carbocycles. The van der Waals surface area contributed by atoms with Gasteiger partial charge in [0.25, 0.3) is 0 Å². The van der Waals surface area contributed by atoms with Crippen LogP contribution < -0.4 is 4.90 Å². The lowest BCUT2D eigenvalue weighted by Gasteiger charge is -2.26. The molecule has 0 aliphatic carbocycles. The number of aryl methyl sites for hydroxylation is 1. The van der Waals surface area contributed by atoms with E-state index in [2.05, 4.69) is 79.3 Å². The monoisotopic (exact) mass is 486 g/mol. The van der Waals surface area contributed by atoms with Crippen LogP contribution in [-0.4, -0.2) is 64.9 Å². The topological polar surface area (TPSA) is 106 Å². The number of carboxylic acids is 2. The minimum Gasteiger partial charge on any atom is -0.478 e. The zero-order chi connectivity index (χ0) is 26.1. The molecule has 0 unspecified atom stereocenters. The largest absolute Gasteiger partial charge is 0.478 e. The first kappa shape index (κ1) is 26.3. The second-order valence-electron chi connectivity index (χ2n) is 8.46. The summed E-state index contributed by atoms with van der Waals surface area (Å²) in [4.78, 5) is 33.6. The molecule has 186 valence electrons. The number of para-hydroxylation sites is 1. The lowest BCUT2D eigenvalue weighted by Crippen LogP contribution is -2.24. The molecule has 8 heteroatoms. The maximum atomic E-state index is 9.55. The number of aliphatic carboxylic acids is 2. The number of nitrogens with zero attached hydrogens (tertiary/aromatic N) is 4. The number of carboxylic acid groups (broad SMARTS) is 2. The van der Waals surface area contributed by atoms with E-state index >= 15 is 0 Å². The van der Waals surface area contributed by atoms with Crippen molar-refractivity contribution in [3.05, 3.63) is 95.7 Å². The quantitative estimate of drug-likeness (QED) is 0.467. The first-order valence-corrected chi connectivity index (χ1v) is 11.5. The molecule has 1 aliphatic heterocycles. The van der Waals surface area contributed by atoms with Crippen LogP contribution >= 0.6 is 0 Å². The number of hydrogen-bond donors (Lipinski definition) is 2. The van der Waals surface area contributed by atoms with E-state index in [4.69, 9.17) is 20.2 Å². The van der Waals surface area contributed by atoms with Crippen LogP contribution in [0.2, 0.25) is 0 Å². The molecular formula is C28H30N4O4. The predicted octanol–water partition coefficient (Wildman–Crippen LogP) is 4.67. The van der Waals surface area contributed by atoms with E-state index in [0.29, 0.717) is 12.2 Å². The van der Waals surface area contributed by atoms with Crippen LogP contribution in [-0.2, 0) is 9.59 Å². The number of anilines is 2. The molecule has 0 bridgehead atoms. The van der Waals surface area contributed by atoms with Crippen molar-refractivity contribution in [3.63, 3.8) is 0 Å². The highest BCUT2D eigenvalue weighted by atomic mass is 16.4. The van der Waals surface area contributed by atoms with Crippen molar-refractivity contribution in [2.75, 3.05) is 32.1 Å². The fraction of sp³-hybridized carbons (Fsp3) is 0.214. The number of benzene rings is 2. The molecule has 0 saturated heterocycles. The van der Waals surface area contributed by atoms with E-state index in [1.54, 1.807) is 0 Å². The molecule has 2 aromatic carbocycles. The van der Waals surface area contributed by atoms with Gasteiger partial charge in [-0.25, -0.2) is 19.6 Å². The maximum Gasteiger partial charge on any atom is 0.328 e. The fourth-order valence-electron chi connectivity index (χ4n) is 3.80. The number of aliphatic imine (C=N–C) groups is 1. The number of hydrogen-bond acceptors (Lipinski definition) is 6. The van der Waals surface area contributed by atoms with Gasteiger partial charge in [0.1, 0.15) is 5.69 Å². The molecule has 0 fully saturated rings. The molecule has 2 heterocycles. The Morgan fingerprint density at radius 1 is 0.944 bits per heavy atom. The van der Waals surface area contributed by atoms with E-state index in [1.165, 1.54) is 5.69 Å². The maximum absolute atomic E-state index is 9.55. The van der Waals surface area contributed by atoms with Gasteiger partial charge in [-0.1, -0.05) is 48.5 Å². The van der Waals surface area contributed by atoms with Crippen LogP contribution in [0.15, 0.2) is 84.0 Å². The van der Waals surface area contributed by atoms with Crippen molar-refractivity contribution in [1.82, 2.24) is 9.88 Å². The van der Waals surface area contributed by atoms with E-state index in [-0.39, 0.29) is 0 Å². The highest BCUT2D eigenvalue weighted by Crippen LogP contribution is 2.40. The van der Waals surface area contributed by atoms with Crippen LogP contribution in [0.3, 0.4) is 0 Å². The molecule has 0 amide bonds. The third kappa shape index (κ3) is 6.86. The van der Waals surface area contributed by atoms with Crippen LogP contribution in [0, 0.1) is 6.92 Å². The standard InChI is InChI=1S/C24H26N4.C4H4O4/c1-18-14-15-25-24-22(18)26-23(19-10-5-4-6-11-19)20-12-7-8-13-21(20)28(24)17-9-16-27(2)3;5-3(6)1-2-4(7)8/h4-8,10-15H,9,16-17H2,1-3H3;1-2H,(H,5,6)(H,7,8)/b;2-1+. The van der Waals surface area contributed by atoms with E-state index in [0.717, 1.165) is 53.4 Å². The first-order valence-electron chi connectivity index (χ1n) is 11.5. The van der Waals surface area contributed by atoms with Crippen molar-refractivity contribution in [1.29, 1.82) is 0 Å². The normalized spacial score (nSPS) is 12.2. The molecule has 0 spiro atoms. The van der Waals surface area contributed by atoms with Gasteiger partial charge in [0, 0.05) is 36.0 Å². The van der Waals surface area contributed by atoms with Crippen LogP contribution in [0.5, 0.6) is 0 Å². The Morgan fingerprint density at radius 3 is 2.22 bits per heavy atom. The Bertz CT molecular complexity index is 1250. The molecule has 0 atom stereocenters. The van der Waals surface area contributed by atoms with Gasteiger partial charge in [-0.15, -0.1) is 0 Å². The number of aromatic nitrogens is 1. The highest BCUT2D eigenvalue weighted by Gasteiger charge is 2.25. The summed E-state index contributed by atoms with van der Waals surface area (Å²) in [5.41, 5.74) is 6.55. The van der Waals surface area contributed by atoms with Crippen molar-refractivity contribution in [2.24, 2.45) is 4.99 Å².